The number of likely N-dealkylation sites (N-methyl/N-ethyl adjacent to an activating group) is 1. The van der Waals surface area contributed by atoms with Crippen LogP contribution in [0, 0.1) is 0 Å². The van der Waals surface area contributed by atoms with E-state index in [-0.39, 0.29) is 24.4 Å². The summed E-state index contributed by atoms with van der Waals surface area (Å²) in [4.78, 5) is 11.2. The highest BCUT2D eigenvalue weighted by Gasteiger charge is 2.10. The van der Waals surface area contributed by atoms with Crippen molar-refractivity contribution in [3.8, 4) is 0 Å². The van der Waals surface area contributed by atoms with Gasteiger partial charge < -0.3 is 10.6 Å². The van der Waals surface area contributed by atoms with Crippen molar-refractivity contribution in [1.29, 1.82) is 0 Å². The molecule has 0 aliphatic carbocycles. The van der Waals surface area contributed by atoms with E-state index in [1.807, 2.05) is 6.07 Å². The summed E-state index contributed by atoms with van der Waals surface area (Å²) in [6.07, 6.45) is 0. The van der Waals surface area contributed by atoms with E-state index in [1.54, 1.807) is 26.1 Å². The van der Waals surface area contributed by atoms with E-state index < -0.39 is 0 Å². The fourth-order valence-corrected chi connectivity index (χ4v) is 1.71. The first-order chi connectivity index (χ1) is 7.54. The topological polar surface area (TPSA) is 41.1 Å². The van der Waals surface area contributed by atoms with Gasteiger partial charge in [0, 0.05) is 23.6 Å². The molecule has 1 amide bonds. The number of hydrogen-bond acceptors (Lipinski definition) is 2. The van der Waals surface area contributed by atoms with E-state index >= 15 is 0 Å². The van der Waals surface area contributed by atoms with E-state index in [0.717, 1.165) is 5.56 Å². The number of benzene rings is 1. The molecule has 1 rings (SSSR count). The second-order valence-electron chi connectivity index (χ2n) is 3.45. The van der Waals surface area contributed by atoms with Crippen LogP contribution in [-0.2, 0) is 11.3 Å². The van der Waals surface area contributed by atoms with Crippen LogP contribution in [0.3, 0.4) is 0 Å². The highest BCUT2D eigenvalue weighted by Crippen LogP contribution is 2.20. The van der Waals surface area contributed by atoms with Crippen molar-refractivity contribution in [2.24, 2.45) is 0 Å². The molecular formula is C11H15Cl3N2O. The predicted molar refractivity (Wildman–Crippen MR) is 74.1 cm³/mol. The molecule has 0 aliphatic heterocycles. The van der Waals surface area contributed by atoms with E-state index in [2.05, 4.69) is 10.6 Å². The summed E-state index contributed by atoms with van der Waals surface area (Å²) in [6.45, 7) is 2.33. The summed E-state index contributed by atoms with van der Waals surface area (Å²) in [5.41, 5.74) is 0.918. The molecule has 1 aromatic rings. The molecular weight excluding hydrogens is 282 g/mol. The first-order valence-corrected chi connectivity index (χ1v) is 5.69. The SMILES string of the molecule is CNC(=O)[C@@H](C)NCc1ccc(Cl)cc1Cl.Cl. The summed E-state index contributed by atoms with van der Waals surface area (Å²) in [5.74, 6) is -0.0508. The number of halogens is 3. The summed E-state index contributed by atoms with van der Waals surface area (Å²) < 4.78 is 0. The first kappa shape index (κ1) is 16.5. The van der Waals surface area contributed by atoms with Gasteiger partial charge in [-0.15, -0.1) is 12.4 Å². The zero-order chi connectivity index (χ0) is 12.1. The Kier molecular flexibility index (Phi) is 7.55. The molecule has 0 aliphatic rings. The van der Waals surface area contributed by atoms with Crippen LogP contribution in [0.2, 0.25) is 10.0 Å². The largest absolute Gasteiger partial charge is 0.358 e. The van der Waals surface area contributed by atoms with Crippen molar-refractivity contribution in [1.82, 2.24) is 10.6 Å². The maximum Gasteiger partial charge on any atom is 0.236 e. The lowest BCUT2D eigenvalue weighted by molar-refractivity contribution is -0.122. The third-order valence-electron chi connectivity index (χ3n) is 2.25. The molecule has 0 spiro atoms. The molecule has 0 aromatic heterocycles. The molecule has 0 unspecified atom stereocenters. The van der Waals surface area contributed by atoms with Gasteiger partial charge in [-0.1, -0.05) is 29.3 Å². The van der Waals surface area contributed by atoms with Gasteiger partial charge in [-0.25, -0.2) is 0 Å². The van der Waals surface area contributed by atoms with Gasteiger partial charge in [-0.3, -0.25) is 4.79 Å². The van der Waals surface area contributed by atoms with Crippen molar-refractivity contribution in [2.75, 3.05) is 7.05 Å². The Balaban J connectivity index is 0.00000256. The fraction of sp³-hybridized carbons (Fsp3) is 0.364. The van der Waals surface area contributed by atoms with Crippen LogP contribution in [0.5, 0.6) is 0 Å². The quantitative estimate of drug-likeness (QED) is 0.897. The zero-order valence-corrected chi connectivity index (χ0v) is 11.9. The number of carbonyl (C=O) groups is 1. The van der Waals surface area contributed by atoms with Crippen LogP contribution in [0.4, 0.5) is 0 Å². The molecule has 1 aromatic carbocycles. The van der Waals surface area contributed by atoms with Crippen molar-refractivity contribution in [3.63, 3.8) is 0 Å². The Hall–Kier alpha value is -0.480. The fourth-order valence-electron chi connectivity index (χ4n) is 1.24. The lowest BCUT2D eigenvalue weighted by atomic mass is 10.2. The van der Waals surface area contributed by atoms with Gasteiger partial charge in [-0.2, -0.15) is 0 Å². The molecule has 0 saturated heterocycles. The molecule has 0 fully saturated rings. The summed E-state index contributed by atoms with van der Waals surface area (Å²) in [6, 6.07) is 5.05. The molecule has 3 nitrogen and oxygen atoms in total. The maximum atomic E-state index is 11.2. The van der Waals surface area contributed by atoms with Gasteiger partial charge in [0.15, 0.2) is 0 Å². The van der Waals surface area contributed by atoms with Gasteiger partial charge in [0.1, 0.15) is 0 Å². The molecule has 96 valence electrons. The minimum absolute atomic E-state index is 0. The molecule has 1 atom stereocenters. The number of carbonyl (C=O) groups excluding carboxylic acids is 1. The molecule has 0 radical (unpaired) electrons. The van der Waals surface area contributed by atoms with Gasteiger partial charge in [0.25, 0.3) is 0 Å². The Labute approximate surface area is 117 Å². The van der Waals surface area contributed by atoms with E-state index in [1.165, 1.54) is 0 Å². The van der Waals surface area contributed by atoms with E-state index in [9.17, 15) is 4.79 Å². The van der Waals surface area contributed by atoms with Crippen LogP contribution in [0.25, 0.3) is 0 Å². The Morgan fingerprint density at radius 1 is 1.41 bits per heavy atom. The first-order valence-electron chi connectivity index (χ1n) is 4.93. The van der Waals surface area contributed by atoms with E-state index in [0.29, 0.717) is 16.6 Å². The van der Waals surface area contributed by atoms with Crippen LogP contribution < -0.4 is 10.6 Å². The summed E-state index contributed by atoms with van der Waals surface area (Å²) >= 11 is 11.8. The lowest BCUT2D eigenvalue weighted by Gasteiger charge is -2.12. The Morgan fingerprint density at radius 3 is 2.59 bits per heavy atom. The molecule has 0 bridgehead atoms. The molecule has 0 saturated carbocycles. The predicted octanol–water partition coefficient (Wildman–Crippen LogP) is 2.64. The van der Waals surface area contributed by atoms with Gasteiger partial charge >= 0.3 is 0 Å². The second-order valence-corrected chi connectivity index (χ2v) is 4.30. The van der Waals surface area contributed by atoms with Crippen LogP contribution in [0.1, 0.15) is 12.5 Å². The normalized spacial score (nSPS) is 11.5. The molecule has 2 N–H and O–H groups in total. The van der Waals surface area contributed by atoms with Gasteiger partial charge in [0.05, 0.1) is 6.04 Å². The standard InChI is InChI=1S/C11H14Cl2N2O.ClH/c1-7(11(16)14-2)15-6-8-3-4-9(12)5-10(8)13;/h3-5,7,15H,6H2,1-2H3,(H,14,16);1H/t7-;/m1./s1. The zero-order valence-electron chi connectivity index (χ0n) is 9.59. The average Bonchev–Trinajstić information content (AvgIpc) is 2.26. The number of amides is 1. The Morgan fingerprint density at radius 2 is 2.06 bits per heavy atom. The van der Waals surface area contributed by atoms with Crippen LogP contribution in [-0.4, -0.2) is 19.0 Å². The Bertz CT molecular complexity index is 385. The van der Waals surface area contributed by atoms with Gasteiger partial charge in [0.2, 0.25) is 5.91 Å². The van der Waals surface area contributed by atoms with E-state index in [4.69, 9.17) is 23.2 Å². The smallest absolute Gasteiger partial charge is 0.236 e. The van der Waals surface area contributed by atoms with Crippen molar-refractivity contribution in [2.45, 2.75) is 19.5 Å². The van der Waals surface area contributed by atoms with Crippen molar-refractivity contribution in [3.05, 3.63) is 33.8 Å². The summed E-state index contributed by atoms with van der Waals surface area (Å²) in [7, 11) is 1.61. The lowest BCUT2D eigenvalue weighted by Crippen LogP contribution is -2.40. The monoisotopic (exact) mass is 296 g/mol. The van der Waals surface area contributed by atoms with Crippen molar-refractivity contribution >= 4 is 41.5 Å². The van der Waals surface area contributed by atoms with Crippen LogP contribution >= 0.6 is 35.6 Å². The minimum atomic E-state index is -0.253. The van der Waals surface area contributed by atoms with Gasteiger partial charge in [-0.05, 0) is 24.6 Å². The van der Waals surface area contributed by atoms with Crippen molar-refractivity contribution < 1.29 is 4.79 Å². The number of nitrogens with one attached hydrogen (secondary N) is 2. The molecule has 6 heteroatoms. The molecule has 0 heterocycles. The maximum absolute atomic E-state index is 11.2. The minimum Gasteiger partial charge on any atom is -0.358 e. The molecule has 17 heavy (non-hydrogen) atoms. The average molecular weight is 298 g/mol. The third kappa shape index (κ3) is 5.13. The van der Waals surface area contributed by atoms with Crippen LogP contribution in [0.15, 0.2) is 18.2 Å². The summed E-state index contributed by atoms with van der Waals surface area (Å²) in [5, 5.41) is 6.85. The highest BCUT2D eigenvalue weighted by molar-refractivity contribution is 6.35. The third-order valence-corrected chi connectivity index (χ3v) is 2.84. The number of rotatable bonds is 4. The number of hydrogen-bond donors (Lipinski definition) is 2. The second kappa shape index (κ2) is 7.77. The highest BCUT2D eigenvalue weighted by atomic mass is 35.5.